The molecule has 6 N–H and O–H groups in total. The molecule has 0 bridgehead atoms. The minimum absolute atomic E-state index is 0.0509. The summed E-state index contributed by atoms with van der Waals surface area (Å²) in [5.41, 5.74) is 8.83. The number of Topliss-reactive ketones (excluding diaryl/α,β-unsaturated/α-hetero) is 1. The number of alkyl halides is 1. The summed E-state index contributed by atoms with van der Waals surface area (Å²) in [7, 11) is 0. The highest BCUT2D eigenvalue weighted by Gasteiger charge is 2.51. The second-order valence-corrected chi connectivity index (χ2v) is 3.97. The van der Waals surface area contributed by atoms with Gasteiger partial charge in [-0.25, -0.2) is 19.3 Å². The van der Waals surface area contributed by atoms with Gasteiger partial charge in [0.15, 0.2) is 17.2 Å². The van der Waals surface area contributed by atoms with E-state index in [0.717, 1.165) is 6.92 Å². The average Bonchev–Trinajstić information content (AvgIpc) is 2.30. The largest absolute Gasteiger partial charge is 0.479 e. The lowest BCUT2D eigenvalue weighted by Crippen LogP contribution is -2.62. The lowest BCUT2D eigenvalue weighted by Gasteiger charge is -2.24. The molecule has 0 radical (unpaired) electrons. The van der Waals surface area contributed by atoms with Gasteiger partial charge in [-0.2, -0.15) is 0 Å². The lowest BCUT2D eigenvalue weighted by molar-refractivity contribution is -0.554. The predicted molar refractivity (Wildman–Crippen MR) is 66.0 cm³/mol. The molecule has 0 aliphatic rings. The van der Waals surface area contributed by atoms with Crippen LogP contribution in [0.15, 0.2) is 4.99 Å². The van der Waals surface area contributed by atoms with Crippen LogP contribution >= 0.6 is 0 Å². The summed E-state index contributed by atoms with van der Waals surface area (Å²) < 4.78 is 13.1. The molecule has 1 unspecified atom stereocenters. The first kappa shape index (κ1) is 17.5. The Morgan fingerprint density at radius 2 is 2.10 bits per heavy atom. The molecule has 2 atom stereocenters. The van der Waals surface area contributed by atoms with Gasteiger partial charge < -0.3 is 16.6 Å². The summed E-state index contributed by atoms with van der Waals surface area (Å²) >= 11 is 0. The molecule has 114 valence electrons. The minimum Gasteiger partial charge on any atom is -0.479 e. The Morgan fingerprint density at radius 3 is 2.45 bits per heavy atom. The standard InChI is InChI=1S/C9H16FN5O5/c1-5(10)6(16)9(7(17)18,14-15(19)20)3-2-4-13-8(11)12/h5,14H,2-4H2,1H3,(H,17,18)(H4,11,12,13)/t5?,9-/m1/s1. The zero-order valence-corrected chi connectivity index (χ0v) is 10.7. The fourth-order valence-electron chi connectivity index (χ4n) is 1.54. The van der Waals surface area contributed by atoms with Crippen molar-refractivity contribution in [2.75, 3.05) is 6.54 Å². The van der Waals surface area contributed by atoms with Crippen molar-refractivity contribution in [3.05, 3.63) is 10.1 Å². The van der Waals surface area contributed by atoms with Crippen LogP contribution in [-0.4, -0.2) is 46.1 Å². The number of ketones is 1. The van der Waals surface area contributed by atoms with Gasteiger partial charge >= 0.3 is 5.97 Å². The fraction of sp³-hybridized carbons (Fsp3) is 0.667. The molecule has 10 nitrogen and oxygen atoms in total. The first-order valence-electron chi connectivity index (χ1n) is 5.53. The number of guanidine groups is 1. The number of aliphatic imine (C=N–C) groups is 1. The number of nitrogens with one attached hydrogen (secondary N) is 1. The van der Waals surface area contributed by atoms with E-state index in [2.05, 4.69) is 4.99 Å². The molecule has 0 spiro atoms. The Balaban J connectivity index is 5.20. The molecule has 0 heterocycles. The smallest absolute Gasteiger partial charge is 0.343 e. The molecule has 0 aromatic rings. The summed E-state index contributed by atoms with van der Waals surface area (Å²) in [5, 5.41) is 18.3. The van der Waals surface area contributed by atoms with Crippen LogP contribution in [0.2, 0.25) is 0 Å². The highest BCUT2D eigenvalue weighted by atomic mass is 19.1. The van der Waals surface area contributed by atoms with Crippen LogP contribution in [0.3, 0.4) is 0 Å². The topological polar surface area (TPSA) is 174 Å². The van der Waals surface area contributed by atoms with Crippen LogP contribution in [0.5, 0.6) is 0 Å². The van der Waals surface area contributed by atoms with Crippen molar-refractivity contribution in [3.63, 3.8) is 0 Å². The first-order valence-corrected chi connectivity index (χ1v) is 5.53. The highest BCUT2D eigenvalue weighted by molar-refractivity contribution is 6.09. The Hall–Kier alpha value is -2.46. The number of rotatable bonds is 9. The number of nitrogens with zero attached hydrogens (tertiary/aromatic N) is 2. The van der Waals surface area contributed by atoms with Gasteiger partial charge in [0.2, 0.25) is 5.78 Å². The third-order valence-electron chi connectivity index (χ3n) is 2.43. The highest BCUT2D eigenvalue weighted by Crippen LogP contribution is 2.19. The number of carboxylic acids is 1. The van der Waals surface area contributed by atoms with Gasteiger partial charge in [0.05, 0.1) is 0 Å². The van der Waals surface area contributed by atoms with E-state index >= 15 is 0 Å². The van der Waals surface area contributed by atoms with Crippen molar-refractivity contribution in [1.82, 2.24) is 5.43 Å². The quantitative estimate of drug-likeness (QED) is 0.0999. The molecular formula is C9H16FN5O5. The minimum atomic E-state index is -2.66. The van der Waals surface area contributed by atoms with Gasteiger partial charge in [0.25, 0.3) is 5.54 Å². The summed E-state index contributed by atoms with van der Waals surface area (Å²) in [6, 6.07) is 0. The number of aliphatic carboxylic acids is 1. The van der Waals surface area contributed by atoms with E-state index in [1.54, 1.807) is 0 Å². The molecule has 0 amide bonds. The van der Waals surface area contributed by atoms with Crippen molar-refractivity contribution >= 4 is 17.7 Å². The number of hydrogen-bond acceptors (Lipinski definition) is 5. The Bertz CT molecular complexity index is 423. The van der Waals surface area contributed by atoms with Crippen molar-refractivity contribution in [2.24, 2.45) is 16.5 Å². The van der Waals surface area contributed by atoms with Crippen LogP contribution in [0.25, 0.3) is 0 Å². The van der Waals surface area contributed by atoms with Gasteiger partial charge in [-0.1, -0.05) is 0 Å². The average molecular weight is 293 g/mol. The molecule has 0 saturated heterocycles. The van der Waals surface area contributed by atoms with Gasteiger partial charge in [-0.05, 0) is 19.8 Å². The number of hydrazine groups is 1. The number of halogens is 1. The fourth-order valence-corrected chi connectivity index (χ4v) is 1.54. The maximum absolute atomic E-state index is 13.1. The van der Waals surface area contributed by atoms with Gasteiger partial charge in [-0.3, -0.25) is 9.79 Å². The van der Waals surface area contributed by atoms with Crippen LogP contribution < -0.4 is 16.9 Å². The molecule has 0 fully saturated rings. The molecule has 11 heteroatoms. The predicted octanol–water partition coefficient (Wildman–Crippen LogP) is -1.43. The third kappa shape index (κ3) is 4.66. The normalized spacial score (nSPS) is 14.7. The number of nitrogens with two attached hydrogens (primary N) is 2. The van der Waals surface area contributed by atoms with Crippen molar-refractivity contribution < 1.29 is 24.1 Å². The van der Waals surface area contributed by atoms with Gasteiger partial charge in [-0.15, -0.1) is 5.43 Å². The summed E-state index contributed by atoms with van der Waals surface area (Å²) in [5.74, 6) is -3.53. The van der Waals surface area contributed by atoms with Crippen molar-refractivity contribution in [2.45, 2.75) is 31.5 Å². The summed E-state index contributed by atoms with van der Waals surface area (Å²) in [6.07, 6.45) is -2.78. The van der Waals surface area contributed by atoms with E-state index in [-0.39, 0.29) is 18.9 Å². The molecule has 0 aliphatic heterocycles. The van der Waals surface area contributed by atoms with E-state index in [4.69, 9.17) is 16.6 Å². The number of hydrogen-bond donors (Lipinski definition) is 4. The maximum Gasteiger partial charge on any atom is 0.343 e. The maximum atomic E-state index is 13.1. The number of nitro groups is 1. The number of carboxylic acid groups (broad SMARTS) is 1. The molecule has 0 aliphatic carbocycles. The second-order valence-electron chi connectivity index (χ2n) is 3.97. The van der Waals surface area contributed by atoms with Crippen LogP contribution in [-0.2, 0) is 9.59 Å². The first-order chi connectivity index (χ1) is 9.13. The number of carbonyl (C=O) groups excluding carboxylic acids is 1. The molecule has 0 rings (SSSR count). The van der Waals surface area contributed by atoms with Crippen LogP contribution in [0, 0.1) is 10.1 Å². The Kier molecular flexibility index (Phi) is 6.32. The monoisotopic (exact) mass is 293 g/mol. The zero-order chi connectivity index (χ0) is 15.9. The lowest BCUT2D eigenvalue weighted by atomic mass is 9.87. The van der Waals surface area contributed by atoms with E-state index < -0.39 is 34.9 Å². The van der Waals surface area contributed by atoms with E-state index in [9.17, 15) is 24.1 Å². The summed E-state index contributed by atoms with van der Waals surface area (Å²) in [6.45, 7) is 0.752. The number of carbonyl (C=O) groups is 2. The van der Waals surface area contributed by atoms with E-state index in [0.29, 0.717) is 0 Å². The molecule has 20 heavy (non-hydrogen) atoms. The van der Waals surface area contributed by atoms with E-state index in [1.165, 1.54) is 5.43 Å². The Labute approximate surface area is 113 Å². The zero-order valence-electron chi connectivity index (χ0n) is 10.7. The SMILES string of the molecule is CC(F)C(=O)[C@@](CCCN=C(N)N)(N[N+](=O)[O-])C(=O)O. The van der Waals surface area contributed by atoms with Gasteiger partial charge in [0, 0.05) is 6.54 Å². The molecule has 0 aromatic carbocycles. The molecule has 0 aromatic heterocycles. The van der Waals surface area contributed by atoms with Crippen molar-refractivity contribution in [1.29, 1.82) is 0 Å². The summed E-state index contributed by atoms with van der Waals surface area (Å²) in [4.78, 5) is 36.9. The van der Waals surface area contributed by atoms with Crippen LogP contribution in [0.4, 0.5) is 4.39 Å². The molecule has 0 saturated carbocycles. The second kappa shape index (κ2) is 7.21. The van der Waals surface area contributed by atoms with E-state index in [1.807, 2.05) is 0 Å². The van der Waals surface area contributed by atoms with Crippen molar-refractivity contribution in [3.8, 4) is 0 Å². The van der Waals surface area contributed by atoms with Gasteiger partial charge in [0.1, 0.15) is 0 Å². The Morgan fingerprint density at radius 1 is 1.55 bits per heavy atom. The third-order valence-corrected chi connectivity index (χ3v) is 2.43. The molecular weight excluding hydrogens is 277 g/mol. The van der Waals surface area contributed by atoms with Crippen LogP contribution in [0.1, 0.15) is 19.8 Å².